The molecule has 8 heteroatoms. The number of carbonyl (C=O) groups excluding carboxylic acids is 1. The quantitative estimate of drug-likeness (QED) is 0.461. The SMILES string of the molecule is COc1ccc2nc(NC(=O)CSc3nccn3Cc3ccccc3)sc2c1. The molecule has 2 aromatic carbocycles. The lowest BCUT2D eigenvalue weighted by Gasteiger charge is -2.07. The third kappa shape index (κ3) is 4.35. The molecule has 142 valence electrons. The molecule has 0 aliphatic carbocycles. The van der Waals surface area contributed by atoms with Crippen LogP contribution in [-0.4, -0.2) is 33.3 Å². The molecular weight excluding hydrogens is 392 g/mol. The minimum atomic E-state index is -0.106. The highest BCUT2D eigenvalue weighted by atomic mass is 32.2. The van der Waals surface area contributed by atoms with E-state index in [1.54, 1.807) is 13.3 Å². The number of thioether (sulfide) groups is 1. The van der Waals surface area contributed by atoms with Gasteiger partial charge < -0.3 is 14.6 Å². The summed E-state index contributed by atoms with van der Waals surface area (Å²) in [6.07, 6.45) is 3.68. The second kappa shape index (κ2) is 8.45. The fourth-order valence-electron chi connectivity index (χ4n) is 2.71. The summed E-state index contributed by atoms with van der Waals surface area (Å²) in [5.41, 5.74) is 2.03. The van der Waals surface area contributed by atoms with Crippen molar-refractivity contribution in [3.63, 3.8) is 0 Å². The first-order chi connectivity index (χ1) is 13.7. The number of hydrogen-bond donors (Lipinski definition) is 1. The maximum Gasteiger partial charge on any atom is 0.236 e. The highest BCUT2D eigenvalue weighted by molar-refractivity contribution is 7.99. The first kappa shape index (κ1) is 18.5. The van der Waals surface area contributed by atoms with E-state index in [-0.39, 0.29) is 11.7 Å². The maximum absolute atomic E-state index is 12.4. The number of nitrogens with one attached hydrogen (secondary N) is 1. The van der Waals surface area contributed by atoms with E-state index in [1.807, 2.05) is 47.2 Å². The molecule has 0 aliphatic heterocycles. The molecule has 0 saturated heterocycles. The number of methoxy groups -OCH3 is 1. The Labute approximate surface area is 170 Å². The summed E-state index contributed by atoms with van der Waals surface area (Å²) in [6.45, 7) is 0.727. The van der Waals surface area contributed by atoms with Crippen molar-refractivity contribution in [3.8, 4) is 5.75 Å². The zero-order valence-corrected chi connectivity index (χ0v) is 16.8. The first-order valence-electron chi connectivity index (χ1n) is 8.63. The Hall–Kier alpha value is -2.84. The molecule has 0 radical (unpaired) electrons. The number of carbonyl (C=O) groups is 1. The molecule has 4 rings (SSSR count). The van der Waals surface area contributed by atoms with Crippen LogP contribution in [0.1, 0.15) is 5.56 Å². The van der Waals surface area contributed by atoms with E-state index in [4.69, 9.17) is 4.74 Å². The molecule has 0 atom stereocenters. The number of anilines is 1. The zero-order chi connectivity index (χ0) is 19.3. The van der Waals surface area contributed by atoms with Crippen molar-refractivity contribution in [1.29, 1.82) is 0 Å². The third-order valence-electron chi connectivity index (χ3n) is 4.05. The van der Waals surface area contributed by atoms with Crippen LogP contribution in [0.25, 0.3) is 10.2 Å². The minimum Gasteiger partial charge on any atom is -0.497 e. The molecule has 0 bridgehead atoms. The Bertz CT molecular complexity index is 1090. The number of thiazole rings is 1. The smallest absolute Gasteiger partial charge is 0.236 e. The van der Waals surface area contributed by atoms with Gasteiger partial charge in [-0.05, 0) is 23.8 Å². The van der Waals surface area contributed by atoms with Crippen molar-refractivity contribution in [1.82, 2.24) is 14.5 Å². The van der Waals surface area contributed by atoms with Crippen LogP contribution < -0.4 is 10.1 Å². The molecule has 4 aromatic rings. The predicted molar refractivity (Wildman–Crippen MR) is 113 cm³/mol. The van der Waals surface area contributed by atoms with Gasteiger partial charge in [0.05, 0.1) is 23.1 Å². The summed E-state index contributed by atoms with van der Waals surface area (Å²) < 4.78 is 8.24. The van der Waals surface area contributed by atoms with Gasteiger partial charge in [0, 0.05) is 18.9 Å². The monoisotopic (exact) mass is 410 g/mol. The number of amides is 1. The predicted octanol–water partition coefficient (Wildman–Crippen LogP) is 4.28. The molecule has 1 N–H and O–H groups in total. The van der Waals surface area contributed by atoms with Gasteiger partial charge in [-0.1, -0.05) is 53.4 Å². The summed E-state index contributed by atoms with van der Waals surface area (Å²) >= 11 is 2.84. The normalized spacial score (nSPS) is 10.9. The van der Waals surface area contributed by atoms with Crippen LogP contribution in [0, 0.1) is 0 Å². The lowest BCUT2D eigenvalue weighted by atomic mass is 10.2. The number of nitrogens with zero attached hydrogens (tertiary/aromatic N) is 3. The van der Waals surface area contributed by atoms with E-state index in [0.717, 1.165) is 27.7 Å². The summed E-state index contributed by atoms with van der Waals surface area (Å²) in [4.78, 5) is 21.2. The van der Waals surface area contributed by atoms with Crippen molar-refractivity contribution >= 4 is 44.4 Å². The van der Waals surface area contributed by atoms with Crippen LogP contribution in [0.4, 0.5) is 5.13 Å². The molecule has 0 saturated carbocycles. The van der Waals surface area contributed by atoms with Crippen molar-refractivity contribution in [2.45, 2.75) is 11.7 Å². The van der Waals surface area contributed by atoms with Crippen LogP contribution in [0.2, 0.25) is 0 Å². The van der Waals surface area contributed by atoms with Gasteiger partial charge in [0.25, 0.3) is 0 Å². The van der Waals surface area contributed by atoms with Crippen molar-refractivity contribution in [3.05, 3.63) is 66.5 Å². The molecule has 0 unspecified atom stereocenters. The molecule has 6 nitrogen and oxygen atoms in total. The molecule has 0 aliphatic rings. The minimum absolute atomic E-state index is 0.106. The van der Waals surface area contributed by atoms with Gasteiger partial charge >= 0.3 is 0 Å². The second-order valence-electron chi connectivity index (χ2n) is 6.01. The number of imidazole rings is 1. The lowest BCUT2D eigenvalue weighted by molar-refractivity contribution is -0.113. The van der Waals surface area contributed by atoms with Gasteiger partial charge in [-0.25, -0.2) is 9.97 Å². The zero-order valence-electron chi connectivity index (χ0n) is 15.2. The van der Waals surface area contributed by atoms with E-state index < -0.39 is 0 Å². The summed E-state index contributed by atoms with van der Waals surface area (Å²) in [6, 6.07) is 15.8. The Morgan fingerprint density at radius 2 is 2.11 bits per heavy atom. The molecule has 1 amide bonds. The summed E-state index contributed by atoms with van der Waals surface area (Å²) in [7, 11) is 1.63. The number of rotatable bonds is 7. The first-order valence-corrected chi connectivity index (χ1v) is 10.4. The maximum atomic E-state index is 12.4. The van der Waals surface area contributed by atoms with E-state index >= 15 is 0 Å². The van der Waals surface area contributed by atoms with E-state index in [9.17, 15) is 4.79 Å². The average Bonchev–Trinajstić information content (AvgIpc) is 3.32. The van der Waals surface area contributed by atoms with Crippen LogP contribution in [-0.2, 0) is 11.3 Å². The molecular formula is C20H18N4O2S2. The van der Waals surface area contributed by atoms with Crippen LogP contribution >= 0.6 is 23.1 Å². The fraction of sp³-hybridized carbons (Fsp3) is 0.150. The van der Waals surface area contributed by atoms with Gasteiger partial charge in [0.2, 0.25) is 5.91 Å². The van der Waals surface area contributed by atoms with Crippen molar-refractivity contribution < 1.29 is 9.53 Å². The van der Waals surface area contributed by atoms with Gasteiger partial charge in [0.1, 0.15) is 5.75 Å². The molecule has 28 heavy (non-hydrogen) atoms. The Kier molecular flexibility index (Phi) is 5.59. The van der Waals surface area contributed by atoms with Gasteiger partial charge in [-0.15, -0.1) is 0 Å². The largest absolute Gasteiger partial charge is 0.497 e. The van der Waals surface area contributed by atoms with Crippen molar-refractivity contribution in [2.24, 2.45) is 0 Å². The highest BCUT2D eigenvalue weighted by Crippen LogP contribution is 2.29. The molecule has 2 heterocycles. The van der Waals surface area contributed by atoms with Gasteiger partial charge in [-0.3, -0.25) is 4.79 Å². The summed E-state index contributed by atoms with van der Waals surface area (Å²) in [5, 5.41) is 4.27. The number of fused-ring (bicyclic) bond motifs is 1. The Morgan fingerprint density at radius 1 is 1.25 bits per heavy atom. The van der Waals surface area contributed by atoms with E-state index in [0.29, 0.717) is 5.13 Å². The standard InChI is InChI=1S/C20H18N4O2S2/c1-26-15-7-8-16-17(11-15)28-19(22-16)23-18(25)13-27-20-21-9-10-24(20)12-14-5-3-2-4-6-14/h2-11H,12-13H2,1H3,(H,22,23,25). The second-order valence-corrected chi connectivity index (χ2v) is 7.99. The van der Waals surface area contributed by atoms with Crippen LogP contribution in [0.15, 0.2) is 66.1 Å². The molecule has 0 spiro atoms. The topological polar surface area (TPSA) is 69.0 Å². The number of ether oxygens (including phenoxy) is 1. The Balaban J connectivity index is 1.37. The number of benzene rings is 2. The van der Waals surface area contributed by atoms with E-state index in [1.165, 1.54) is 28.7 Å². The molecule has 2 aromatic heterocycles. The highest BCUT2D eigenvalue weighted by Gasteiger charge is 2.11. The lowest BCUT2D eigenvalue weighted by Crippen LogP contribution is -2.14. The number of hydrogen-bond acceptors (Lipinski definition) is 6. The van der Waals surface area contributed by atoms with Crippen LogP contribution in [0.5, 0.6) is 5.75 Å². The van der Waals surface area contributed by atoms with Gasteiger partial charge in [-0.2, -0.15) is 0 Å². The van der Waals surface area contributed by atoms with Crippen molar-refractivity contribution in [2.75, 3.05) is 18.2 Å². The summed E-state index contributed by atoms with van der Waals surface area (Å²) in [5.74, 6) is 0.936. The van der Waals surface area contributed by atoms with Crippen LogP contribution in [0.3, 0.4) is 0 Å². The fourth-order valence-corrected chi connectivity index (χ4v) is 4.38. The number of aromatic nitrogens is 3. The molecule has 0 fully saturated rings. The Morgan fingerprint density at radius 3 is 2.93 bits per heavy atom. The van der Waals surface area contributed by atoms with Gasteiger partial charge in [0.15, 0.2) is 10.3 Å². The van der Waals surface area contributed by atoms with E-state index in [2.05, 4.69) is 27.4 Å². The third-order valence-corrected chi connectivity index (χ3v) is 5.99. The average molecular weight is 411 g/mol.